The van der Waals surface area contributed by atoms with Crippen molar-refractivity contribution in [3.8, 4) is 6.07 Å². The molecule has 2 heterocycles. The number of likely N-dealkylation sites (tertiary alicyclic amines) is 1. The number of anilines is 2. The van der Waals surface area contributed by atoms with Gasteiger partial charge in [0.2, 0.25) is 0 Å². The van der Waals surface area contributed by atoms with Gasteiger partial charge in [-0.05, 0) is 49.1 Å². The molecule has 1 aromatic heterocycles. The molecular weight excluding hydrogens is 546 g/mol. The van der Waals surface area contributed by atoms with Gasteiger partial charge in [0.05, 0.1) is 28.4 Å². The maximum absolute atomic E-state index is 13.3. The number of fused-ring (bicyclic) bond motifs is 1. The predicted octanol–water partition coefficient (Wildman–Crippen LogP) is 5.62. The molecule has 4 aromatic rings. The SMILES string of the molecule is CCOC(O)c1ccc(NC(=O)Nc2cccc3c(C(=O)C(=O)N4CCC(=C(C#N)c5ccccc5)CC4)c[nH]c23)cc1. The van der Waals surface area contributed by atoms with Crippen molar-refractivity contribution in [1.82, 2.24) is 9.88 Å². The number of ether oxygens (including phenoxy) is 1. The van der Waals surface area contributed by atoms with Crippen LogP contribution in [-0.2, 0) is 9.53 Å². The summed E-state index contributed by atoms with van der Waals surface area (Å²) in [7, 11) is 0. The molecule has 0 radical (unpaired) electrons. The number of aromatic nitrogens is 1. The van der Waals surface area contributed by atoms with Crippen LogP contribution in [0.4, 0.5) is 16.2 Å². The smallest absolute Gasteiger partial charge is 0.323 e. The summed E-state index contributed by atoms with van der Waals surface area (Å²) in [4.78, 5) is 43.8. The van der Waals surface area contributed by atoms with Gasteiger partial charge in [-0.25, -0.2) is 4.79 Å². The number of aliphatic hydroxyl groups is 1. The maximum atomic E-state index is 13.3. The van der Waals surface area contributed by atoms with Gasteiger partial charge >= 0.3 is 6.03 Å². The van der Waals surface area contributed by atoms with Crippen molar-refractivity contribution in [1.29, 1.82) is 5.26 Å². The summed E-state index contributed by atoms with van der Waals surface area (Å²) < 4.78 is 5.16. The standard InChI is InChI=1S/C33H31N5O5/c1-2-43-32(41)23-11-13-24(14-12-23)36-33(42)37-28-10-6-9-25-27(20-35-29(25)28)30(39)31(40)38-17-15-22(16-18-38)26(19-34)21-7-4-3-5-8-21/h3-14,20,32,35,41H,2,15-18H2,1H3,(H2,36,37,42). The number of hydrogen-bond acceptors (Lipinski definition) is 6. The summed E-state index contributed by atoms with van der Waals surface area (Å²) in [5.41, 5.74) is 4.68. The Hall–Kier alpha value is -5.24. The van der Waals surface area contributed by atoms with Gasteiger partial charge in [0, 0.05) is 42.5 Å². The molecule has 1 aliphatic rings. The molecular formula is C33H31N5O5. The number of carbonyl (C=O) groups is 3. The molecule has 4 N–H and O–H groups in total. The van der Waals surface area contributed by atoms with Gasteiger partial charge in [0.25, 0.3) is 11.7 Å². The number of allylic oxidation sites excluding steroid dienone is 1. The molecule has 218 valence electrons. The molecule has 0 bridgehead atoms. The average Bonchev–Trinajstić information content (AvgIpc) is 3.47. The molecule has 3 amide bonds. The fourth-order valence-electron chi connectivity index (χ4n) is 5.16. The number of benzene rings is 3. The minimum absolute atomic E-state index is 0.218. The number of aromatic amines is 1. The van der Waals surface area contributed by atoms with Crippen LogP contribution in [0.3, 0.4) is 0 Å². The molecule has 1 unspecified atom stereocenters. The number of nitrogens with one attached hydrogen (secondary N) is 3. The molecule has 43 heavy (non-hydrogen) atoms. The second-order valence-corrected chi connectivity index (χ2v) is 10.0. The Kier molecular flexibility index (Phi) is 8.96. The van der Waals surface area contributed by atoms with Gasteiger partial charge in [0.1, 0.15) is 0 Å². The molecule has 3 aromatic carbocycles. The number of aliphatic hydroxyl groups excluding tert-OH is 1. The van der Waals surface area contributed by atoms with Crippen LogP contribution in [0.2, 0.25) is 0 Å². The summed E-state index contributed by atoms with van der Waals surface area (Å²) in [6.07, 6.45) is 1.48. The zero-order valence-electron chi connectivity index (χ0n) is 23.6. The van der Waals surface area contributed by atoms with Gasteiger partial charge in [0.15, 0.2) is 6.29 Å². The molecule has 5 rings (SSSR count). The Labute approximate surface area is 248 Å². The third kappa shape index (κ3) is 6.48. The monoisotopic (exact) mass is 577 g/mol. The van der Waals surface area contributed by atoms with Crippen LogP contribution in [0.15, 0.2) is 84.6 Å². The molecule has 1 aliphatic heterocycles. The highest BCUT2D eigenvalue weighted by Gasteiger charge is 2.29. The Morgan fingerprint density at radius 1 is 1.00 bits per heavy atom. The molecule has 10 nitrogen and oxygen atoms in total. The molecule has 0 spiro atoms. The van der Waals surface area contributed by atoms with Crippen molar-refractivity contribution in [2.45, 2.75) is 26.1 Å². The van der Waals surface area contributed by atoms with Crippen LogP contribution in [-0.4, -0.2) is 52.4 Å². The highest BCUT2D eigenvalue weighted by molar-refractivity contribution is 6.45. The molecule has 1 atom stereocenters. The number of piperidine rings is 1. The molecule has 1 fully saturated rings. The Bertz CT molecular complexity index is 1710. The number of rotatable bonds is 8. The molecule has 1 saturated heterocycles. The van der Waals surface area contributed by atoms with E-state index >= 15 is 0 Å². The van der Waals surface area contributed by atoms with Crippen molar-refractivity contribution < 1.29 is 24.2 Å². The summed E-state index contributed by atoms with van der Waals surface area (Å²) in [5, 5.41) is 25.7. The zero-order chi connectivity index (χ0) is 30.3. The van der Waals surface area contributed by atoms with E-state index in [2.05, 4.69) is 21.7 Å². The number of para-hydroxylation sites is 1. The van der Waals surface area contributed by atoms with Crippen LogP contribution in [0.25, 0.3) is 16.5 Å². The normalized spacial score (nSPS) is 13.7. The number of Topliss-reactive ketones (excluding diaryl/α,β-unsaturated/α-hetero) is 1. The first kappa shape index (κ1) is 29.3. The Morgan fingerprint density at radius 3 is 2.40 bits per heavy atom. The first-order valence-electron chi connectivity index (χ1n) is 14.0. The lowest BCUT2D eigenvalue weighted by Gasteiger charge is -2.28. The third-order valence-electron chi connectivity index (χ3n) is 7.36. The Balaban J connectivity index is 1.24. The number of nitriles is 1. The lowest BCUT2D eigenvalue weighted by atomic mass is 9.93. The van der Waals surface area contributed by atoms with Gasteiger partial charge in [-0.2, -0.15) is 5.26 Å². The van der Waals surface area contributed by atoms with Crippen molar-refractivity contribution in [3.63, 3.8) is 0 Å². The van der Waals surface area contributed by atoms with Crippen LogP contribution < -0.4 is 10.6 Å². The predicted molar refractivity (Wildman–Crippen MR) is 163 cm³/mol. The first-order valence-corrected chi connectivity index (χ1v) is 14.0. The quantitative estimate of drug-likeness (QED) is 0.0925. The highest BCUT2D eigenvalue weighted by Crippen LogP contribution is 2.29. The summed E-state index contributed by atoms with van der Waals surface area (Å²) >= 11 is 0. The van der Waals surface area contributed by atoms with Crippen LogP contribution in [0, 0.1) is 11.3 Å². The topological polar surface area (TPSA) is 148 Å². The summed E-state index contributed by atoms with van der Waals surface area (Å²) in [6, 6.07) is 22.9. The van der Waals surface area contributed by atoms with Gasteiger partial charge in [-0.3, -0.25) is 9.59 Å². The van der Waals surface area contributed by atoms with Gasteiger partial charge in [-0.15, -0.1) is 0 Å². The second-order valence-electron chi connectivity index (χ2n) is 10.0. The average molecular weight is 578 g/mol. The van der Waals surface area contributed by atoms with Crippen molar-refractivity contribution in [3.05, 3.63) is 101 Å². The van der Waals surface area contributed by atoms with Crippen molar-refractivity contribution in [2.24, 2.45) is 0 Å². The lowest BCUT2D eigenvalue weighted by molar-refractivity contribution is -0.126. The van der Waals surface area contributed by atoms with Crippen LogP contribution >= 0.6 is 0 Å². The van der Waals surface area contributed by atoms with Gasteiger partial charge < -0.3 is 30.4 Å². The number of H-pyrrole nitrogens is 1. The number of nitrogens with zero attached hydrogens (tertiary/aromatic N) is 2. The second kappa shape index (κ2) is 13.2. The maximum Gasteiger partial charge on any atom is 0.323 e. The number of urea groups is 1. The first-order chi connectivity index (χ1) is 20.9. The van der Waals surface area contributed by atoms with E-state index in [1.807, 2.05) is 30.3 Å². The minimum Gasteiger partial charge on any atom is -0.364 e. The zero-order valence-corrected chi connectivity index (χ0v) is 23.6. The third-order valence-corrected chi connectivity index (χ3v) is 7.36. The van der Waals surface area contributed by atoms with E-state index in [4.69, 9.17) is 4.74 Å². The van der Waals surface area contributed by atoms with E-state index in [-0.39, 0.29) is 5.56 Å². The van der Waals surface area contributed by atoms with Crippen molar-refractivity contribution >= 4 is 45.6 Å². The van der Waals surface area contributed by atoms with Crippen LogP contribution in [0.1, 0.15) is 47.5 Å². The fraction of sp³-hybridized carbons (Fsp3) is 0.212. The summed E-state index contributed by atoms with van der Waals surface area (Å²) in [5.74, 6) is -1.25. The van der Waals surface area contributed by atoms with Crippen LogP contribution in [0.5, 0.6) is 0 Å². The number of hydrogen-bond donors (Lipinski definition) is 4. The largest absolute Gasteiger partial charge is 0.364 e. The number of amides is 3. The number of carbonyl (C=O) groups excluding carboxylic acids is 3. The van der Waals surface area contributed by atoms with E-state index < -0.39 is 24.0 Å². The summed E-state index contributed by atoms with van der Waals surface area (Å²) in [6.45, 7) is 2.84. The Morgan fingerprint density at radius 2 is 1.72 bits per heavy atom. The lowest BCUT2D eigenvalue weighted by Crippen LogP contribution is -2.40. The fourth-order valence-corrected chi connectivity index (χ4v) is 5.16. The van der Waals surface area contributed by atoms with Crippen molar-refractivity contribution in [2.75, 3.05) is 30.3 Å². The van der Waals surface area contributed by atoms with E-state index in [0.717, 1.165) is 11.1 Å². The number of ketones is 1. The molecule has 0 aliphatic carbocycles. The van der Waals surface area contributed by atoms with E-state index in [9.17, 15) is 24.8 Å². The van der Waals surface area contributed by atoms with E-state index in [1.165, 1.54) is 11.1 Å². The molecule has 10 heteroatoms. The molecule has 0 saturated carbocycles. The highest BCUT2D eigenvalue weighted by atomic mass is 16.6. The minimum atomic E-state index is -1.04. The van der Waals surface area contributed by atoms with E-state index in [0.29, 0.717) is 66.0 Å². The van der Waals surface area contributed by atoms with Gasteiger partial charge in [-0.1, -0.05) is 54.6 Å². The van der Waals surface area contributed by atoms with E-state index in [1.54, 1.807) is 49.4 Å².